The van der Waals surface area contributed by atoms with Crippen LogP contribution in [0.4, 0.5) is 4.39 Å². The molecule has 1 aromatic carbocycles. The maximum absolute atomic E-state index is 13.4. The standard InChI is InChI=1S/C18H22FN3O3/c1-3-24-12(2)18(23)22-9-5-7-14(11-22)17-20-16(21-25-17)13-6-4-8-15(19)10-13/h4,6,8,10,12,14H,3,5,7,9,11H2,1-2H3/t12-,14-/m1/s1. The number of likely N-dealkylation sites (tertiary alicyclic amines) is 1. The van der Waals surface area contributed by atoms with Crippen molar-refractivity contribution in [3.63, 3.8) is 0 Å². The van der Waals surface area contributed by atoms with E-state index in [9.17, 15) is 9.18 Å². The average molecular weight is 347 g/mol. The van der Waals surface area contributed by atoms with Gasteiger partial charge in [0.2, 0.25) is 11.7 Å². The van der Waals surface area contributed by atoms with E-state index < -0.39 is 6.10 Å². The Morgan fingerprint density at radius 1 is 1.52 bits per heavy atom. The van der Waals surface area contributed by atoms with Gasteiger partial charge in [-0.2, -0.15) is 4.98 Å². The van der Waals surface area contributed by atoms with Gasteiger partial charge in [0.15, 0.2) is 0 Å². The molecule has 3 rings (SSSR count). The SMILES string of the molecule is CCO[C@H](C)C(=O)N1CCC[C@@H](c2nc(-c3cccc(F)c3)no2)C1. The lowest BCUT2D eigenvalue weighted by atomic mass is 9.97. The van der Waals surface area contributed by atoms with Crippen LogP contribution < -0.4 is 0 Å². The van der Waals surface area contributed by atoms with Crippen molar-refractivity contribution in [2.24, 2.45) is 0 Å². The third kappa shape index (κ3) is 4.04. The minimum absolute atomic E-state index is 0.0127. The lowest BCUT2D eigenvalue weighted by Crippen LogP contribution is -2.44. The predicted molar refractivity (Wildman–Crippen MR) is 89.3 cm³/mol. The number of amides is 1. The fraction of sp³-hybridized carbons (Fsp3) is 0.500. The Morgan fingerprint density at radius 2 is 2.36 bits per heavy atom. The summed E-state index contributed by atoms with van der Waals surface area (Å²) >= 11 is 0. The van der Waals surface area contributed by atoms with E-state index in [1.807, 2.05) is 6.92 Å². The van der Waals surface area contributed by atoms with E-state index in [0.717, 1.165) is 12.8 Å². The van der Waals surface area contributed by atoms with Crippen LogP contribution in [0.3, 0.4) is 0 Å². The minimum atomic E-state index is -0.450. The fourth-order valence-electron chi connectivity index (χ4n) is 3.10. The lowest BCUT2D eigenvalue weighted by molar-refractivity contribution is -0.143. The van der Waals surface area contributed by atoms with Crippen LogP contribution in [0.5, 0.6) is 0 Å². The summed E-state index contributed by atoms with van der Waals surface area (Å²) in [6.07, 6.45) is 1.29. The summed E-state index contributed by atoms with van der Waals surface area (Å²) in [5, 5.41) is 3.96. The van der Waals surface area contributed by atoms with Crippen molar-refractivity contribution in [2.45, 2.75) is 38.7 Å². The predicted octanol–water partition coefficient (Wildman–Crippen LogP) is 3.01. The van der Waals surface area contributed by atoms with Gasteiger partial charge in [0.25, 0.3) is 5.91 Å². The van der Waals surface area contributed by atoms with Crippen molar-refractivity contribution in [2.75, 3.05) is 19.7 Å². The highest BCUT2D eigenvalue weighted by atomic mass is 19.1. The third-order valence-electron chi connectivity index (χ3n) is 4.37. The molecule has 0 saturated carbocycles. The molecule has 1 amide bonds. The molecule has 1 aromatic heterocycles. The zero-order valence-corrected chi connectivity index (χ0v) is 14.4. The normalized spacial score (nSPS) is 19.0. The van der Waals surface area contributed by atoms with Crippen molar-refractivity contribution in [3.05, 3.63) is 36.0 Å². The second-order valence-corrected chi connectivity index (χ2v) is 6.19. The number of halogens is 1. The molecule has 1 fully saturated rings. The number of benzene rings is 1. The summed E-state index contributed by atoms with van der Waals surface area (Å²) in [5.74, 6) is 0.474. The maximum atomic E-state index is 13.4. The van der Waals surface area contributed by atoms with Crippen LogP contribution in [-0.2, 0) is 9.53 Å². The molecule has 1 aliphatic heterocycles. The number of hydrogen-bond donors (Lipinski definition) is 0. The van der Waals surface area contributed by atoms with Crippen molar-refractivity contribution in [1.82, 2.24) is 15.0 Å². The first-order valence-corrected chi connectivity index (χ1v) is 8.58. The van der Waals surface area contributed by atoms with Crippen molar-refractivity contribution in [1.29, 1.82) is 0 Å². The van der Waals surface area contributed by atoms with Crippen molar-refractivity contribution in [3.8, 4) is 11.4 Å². The van der Waals surface area contributed by atoms with E-state index in [0.29, 0.717) is 37.0 Å². The number of carbonyl (C=O) groups is 1. The summed E-state index contributed by atoms with van der Waals surface area (Å²) < 4.78 is 24.1. The maximum Gasteiger partial charge on any atom is 0.251 e. The van der Waals surface area contributed by atoms with Crippen LogP contribution in [0.1, 0.15) is 38.5 Å². The summed E-state index contributed by atoms with van der Waals surface area (Å²) in [7, 11) is 0. The molecule has 0 N–H and O–H groups in total. The van der Waals surface area contributed by atoms with Gasteiger partial charge in [-0.1, -0.05) is 17.3 Å². The first kappa shape index (κ1) is 17.5. The Kier molecular flexibility index (Phi) is 5.43. The fourth-order valence-corrected chi connectivity index (χ4v) is 3.10. The number of rotatable bonds is 5. The van der Waals surface area contributed by atoms with Gasteiger partial charge in [-0.25, -0.2) is 4.39 Å². The van der Waals surface area contributed by atoms with Crippen LogP contribution in [0.2, 0.25) is 0 Å². The molecule has 7 heteroatoms. The first-order valence-electron chi connectivity index (χ1n) is 8.58. The molecule has 0 spiro atoms. The van der Waals surface area contributed by atoms with Crippen LogP contribution >= 0.6 is 0 Å². The van der Waals surface area contributed by atoms with Crippen LogP contribution in [-0.4, -0.2) is 46.7 Å². The van der Waals surface area contributed by atoms with Gasteiger partial charge in [-0.15, -0.1) is 0 Å². The number of hydrogen-bond acceptors (Lipinski definition) is 5. The van der Waals surface area contributed by atoms with Gasteiger partial charge in [0.05, 0.1) is 5.92 Å². The van der Waals surface area contributed by atoms with Gasteiger partial charge in [0.1, 0.15) is 11.9 Å². The molecule has 2 atom stereocenters. The van der Waals surface area contributed by atoms with Crippen LogP contribution in [0.25, 0.3) is 11.4 Å². The van der Waals surface area contributed by atoms with Gasteiger partial charge < -0.3 is 14.2 Å². The molecule has 0 aliphatic carbocycles. The largest absolute Gasteiger partial charge is 0.369 e. The van der Waals surface area contributed by atoms with E-state index in [1.165, 1.54) is 12.1 Å². The monoisotopic (exact) mass is 347 g/mol. The van der Waals surface area contributed by atoms with Gasteiger partial charge >= 0.3 is 0 Å². The first-order chi connectivity index (χ1) is 12.1. The minimum Gasteiger partial charge on any atom is -0.369 e. The second kappa shape index (κ2) is 7.74. The highest BCUT2D eigenvalue weighted by Gasteiger charge is 2.30. The van der Waals surface area contributed by atoms with Crippen LogP contribution in [0.15, 0.2) is 28.8 Å². The third-order valence-corrected chi connectivity index (χ3v) is 4.37. The zero-order chi connectivity index (χ0) is 17.8. The van der Waals surface area contributed by atoms with Crippen molar-refractivity contribution >= 4 is 5.91 Å². The number of carbonyl (C=O) groups excluding carboxylic acids is 1. The summed E-state index contributed by atoms with van der Waals surface area (Å²) in [6, 6.07) is 6.08. The average Bonchev–Trinajstić information content (AvgIpc) is 3.11. The van der Waals surface area contributed by atoms with Gasteiger partial charge in [-0.3, -0.25) is 4.79 Å². The molecule has 0 unspecified atom stereocenters. The molecular weight excluding hydrogens is 325 g/mol. The molecule has 2 aromatic rings. The van der Waals surface area contributed by atoms with E-state index in [-0.39, 0.29) is 17.6 Å². The van der Waals surface area contributed by atoms with Crippen molar-refractivity contribution < 1.29 is 18.4 Å². The van der Waals surface area contributed by atoms with E-state index >= 15 is 0 Å². The van der Waals surface area contributed by atoms with E-state index in [4.69, 9.17) is 9.26 Å². The highest BCUT2D eigenvalue weighted by Crippen LogP contribution is 2.28. The quantitative estimate of drug-likeness (QED) is 0.832. The molecule has 1 aliphatic rings. The Balaban J connectivity index is 1.71. The topological polar surface area (TPSA) is 68.5 Å². The molecule has 0 bridgehead atoms. The number of ether oxygens (including phenoxy) is 1. The molecular formula is C18H22FN3O3. The molecule has 134 valence electrons. The number of nitrogens with zero attached hydrogens (tertiary/aromatic N) is 3. The Bertz CT molecular complexity index is 734. The summed E-state index contributed by atoms with van der Waals surface area (Å²) in [5.41, 5.74) is 0.573. The number of piperidine rings is 1. The Labute approximate surface area is 146 Å². The number of aromatic nitrogens is 2. The van der Waals surface area contributed by atoms with Gasteiger partial charge in [-0.05, 0) is 38.8 Å². The van der Waals surface area contributed by atoms with Gasteiger partial charge in [0, 0.05) is 25.3 Å². The van der Waals surface area contributed by atoms with Crippen LogP contribution in [0, 0.1) is 5.82 Å². The molecule has 1 saturated heterocycles. The van der Waals surface area contributed by atoms with E-state index in [2.05, 4.69) is 10.1 Å². The molecule has 25 heavy (non-hydrogen) atoms. The Hall–Kier alpha value is -2.28. The smallest absolute Gasteiger partial charge is 0.251 e. The Morgan fingerprint density at radius 3 is 3.12 bits per heavy atom. The molecule has 0 radical (unpaired) electrons. The molecule has 6 nitrogen and oxygen atoms in total. The summed E-state index contributed by atoms with van der Waals surface area (Å²) in [6.45, 7) is 5.38. The molecule has 2 heterocycles. The highest BCUT2D eigenvalue weighted by molar-refractivity contribution is 5.80. The zero-order valence-electron chi connectivity index (χ0n) is 14.4. The van der Waals surface area contributed by atoms with E-state index in [1.54, 1.807) is 24.0 Å². The lowest BCUT2D eigenvalue weighted by Gasteiger charge is -2.32. The second-order valence-electron chi connectivity index (χ2n) is 6.19. The summed E-state index contributed by atoms with van der Waals surface area (Å²) in [4.78, 5) is 18.6.